The van der Waals surface area contributed by atoms with E-state index in [1.807, 2.05) is 0 Å². The minimum atomic E-state index is -0.197. The van der Waals surface area contributed by atoms with E-state index < -0.39 is 0 Å². The second-order valence-corrected chi connectivity index (χ2v) is 8.52. The number of likely N-dealkylation sites (tertiary alicyclic amines) is 1. The molecule has 0 aromatic carbocycles. The van der Waals surface area contributed by atoms with E-state index >= 15 is 0 Å². The Bertz CT molecular complexity index is 594. The Kier molecular flexibility index (Phi) is 8.16. The van der Waals surface area contributed by atoms with Crippen molar-refractivity contribution in [1.82, 2.24) is 15.2 Å². The zero-order valence-corrected chi connectivity index (χ0v) is 17.6. The van der Waals surface area contributed by atoms with Gasteiger partial charge in [0.15, 0.2) is 5.13 Å². The lowest BCUT2D eigenvalue weighted by Crippen LogP contribution is -2.44. The highest BCUT2D eigenvalue weighted by Gasteiger charge is 2.49. The fourth-order valence-corrected chi connectivity index (χ4v) is 5.39. The number of amides is 1. The molecule has 2 N–H and O–H groups in total. The van der Waals surface area contributed by atoms with Crippen LogP contribution in [0.1, 0.15) is 50.6 Å². The number of carbonyl (C=O) groups excluding carboxylic acids is 1. The third-order valence-electron chi connectivity index (χ3n) is 6.10. The van der Waals surface area contributed by atoms with Crippen LogP contribution in [0.4, 0.5) is 5.13 Å². The van der Waals surface area contributed by atoms with E-state index in [1.54, 1.807) is 11.3 Å². The molecule has 3 aliphatic rings. The highest BCUT2D eigenvalue weighted by atomic mass is 35.5. The molecule has 4 rings (SSSR count). The largest absolute Gasteiger partial charge is 0.315 e. The third kappa shape index (κ3) is 4.53. The first-order valence-electron chi connectivity index (χ1n) is 9.45. The Hall–Kier alpha value is -0.400. The summed E-state index contributed by atoms with van der Waals surface area (Å²) in [6.45, 7) is 5.09. The highest BCUT2D eigenvalue weighted by molar-refractivity contribution is 7.13. The number of halogens is 2. The van der Waals surface area contributed by atoms with Crippen LogP contribution in [0.25, 0.3) is 0 Å². The fraction of sp³-hybridized carbons (Fsp3) is 0.778. The molecule has 2 atom stereocenters. The van der Waals surface area contributed by atoms with Gasteiger partial charge in [-0.3, -0.25) is 9.69 Å². The van der Waals surface area contributed by atoms with Crippen LogP contribution in [0.5, 0.6) is 0 Å². The first-order valence-corrected chi connectivity index (χ1v) is 10.3. The molecular weight excluding hydrogens is 391 g/mol. The van der Waals surface area contributed by atoms with Gasteiger partial charge in [0.05, 0.1) is 11.1 Å². The summed E-state index contributed by atoms with van der Waals surface area (Å²) < 4.78 is 0. The molecule has 0 unspecified atom stereocenters. The molecule has 3 heterocycles. The van der Waals surface area contributed by atoms with Crippen molar-refractivity contribution in [2.45, 2.75) is 51.5 Å². The summed E-state index contributed by atoms with van der Waals surface area (Å²) in [5, 5.41) is 9.47. The minimum Gasteiger partial charge on any atom is -0.315 e. The van der Waals surface area contributed by atoms with E-state index in [9.17, 15) is 4.79 Å². The van der Waals surface area contributed by atoms with Crippen molar-refractivity contribution in [3.05, 3.63) is 11.1 Å². The van der Waals surface area contributed by atoms with Crippen molar-refractivity contribution < 1.29 is 4.79 Å². The first-order chi connectivity index (χ1) is 11.8. The maximum absolute atomic E-state index is 13.0. The average Bonchev–Trinajstić information content (AvgIpc) is 3.23. The Morgan fingerprint density at radius 1 is 1.27 bits per heavy atom. The normalized spacial score (nSPS) is 28.5. The zero-order valence-electron chi connectivity index (χ0n) is 15.2. The maximum Gasteiger partial charge on any atom is 0.233 e. The van der Waals surface area contributed by atoms with Gasteiger partial charge in [0.1, 0.15) is 0 Å². The van der Waals surface area contributed by atoms with E-state index in [0.717, 1.165) is 36.9 Å². The summed E-state index contributed by atoms with van der Waals surface area (Å²) in [7, 11) is 0. The van der Waals surface area contributed by atoms with Crippen molar-refractivity contribution in [1.29, 1.82) is 0 Å². The van der Waals surface area contributed by atoms with Gasteiger partial charge >= 0.3 is 0 Å². The van der Waals surface area contributed by atoms with Crippen LogP contribution in [0, 0.1) is 11.3 Å². The lowest BCUT2D eigenvalue weighted by Gasteiger charge is -2.36. The molecule has 5 nitrogen and oxygen atoms in total. The lowest BCUT2D eigenvalue weighted by molar-refractivity contribution is -0.128. The van der Waals surface area contributed by atoms with Crippen molar-refractivity contribution in [3.63, 3.8) is 0 Å². The van der Waals surface area contributed by atoms with Gasteiger partial charge in [-0.1, -0.05) is 19.3 Å². The topological polar surface area (TPSA) is 57.3 Å². The van der Waals surface area contributed by atoms with Crippen molar-refractivity contribution in [3.8, 4) is 0 Å². The van der Waals surface area contributed by atoms with Crippen molar-refractivity contribution >= 4 is 47.2 Å². The van der Waals surface area contributed by atoms with Gasteiger partial charge in [-0.25, -0.2) is 4.98 Å². The number of fused-ring (bicyclic) bond motifs is 1. The van der Waals surface area contributed by atoms with Crippen molar-refractivity contribution in [2.75, 3.05) is 31.5 Å². The molecule has 2 saturated heterocycles. The second kappa shape index (κ2) is 9.69. The maximum atomic E-state index is 13.0. The number of nitrogens with zero attached hydrogens (tertiary/aromatic N) is 2. The Labute approximate surface area is 172 Å². The summed E-state index contributed by atoms with van der Waals surface area (Å²) in [5.41, 5.74) is 0.899. The van der Waals surface area contributed by atoms with Gasteiger partial charge in [-0.2, -0.15) is 0 Å². The van der Waals surface area contributed by atoms with Crippen molar-refractivity contribution in [2.24, 2.45) is 11.3 Å². The fourth-order valence-electron chi connectivity index (χ4n) is 4.70. The Balaban J connectivity index is 0.00000121. The number of rotatable bonds is 4. The number of piperidine rings is 1. The van der Waals surface area contributed by atoms with Crippen LogP contribution in [0.15, 0.2) is 5.38 Å². The Morgan fingerprint density at radius 3 is 2.88 bits per heavy atom. The van der Waals surface area contributed by atoms with Gasteiger partial charge in [0.25, 0.3) is 0 Å². The lowest BCUT2D eigenvalue weighted by atomic mass is 9.68. The number of carbonyl (C=O) groups is 1. The molecule has 1 saturated carbocycles. The van der Waals surface area contributed by atoms with Crippen LogP contribution in [-0.2, 0) is 11.3 Å². The molecule has 0 radical (unpaired) electrons. The molecule has 1 aromatic heterocycles. The number of anilines is 1. The number of hydrogen-bond donors (Lipinski definition) is 2. The molecule has 8 heteroatoms. The third-order valence-corrected chi connectivity index (χ3v) is 6.90. The molecule has 26 heavy (non-hydrogen) atoms. The summed E-state index contributed by atoms with van der Waals surface area (Å²) in [5.74, 6) is 0.690. The van der Waals surface area contributed by atoms with Gasteiger partial charge < -0.3 is 10.6 Å². The number of thiazole rings is 1. The molecular formula is C18H30Cl2N4OS. The quantitative estimate of drug-likeness (QED) is 0.779. The smallest absolute Gasteiger partial charge is 0.233 e. The van der Waals surface area contributed by atoms with E-state index in [1.165, 1.54) is 51.6 Å². The summed E-state index contributed by atoms with van der Waals surface area (Å²) >= 11 is 1.57. The van der Waals surface area contributed by atoms with Gasteiger partial charge in [0, 0.05) is 18.5 Å². The van der Waals surface area contributed by atoms with E-state index in [4.69, 9.17) is 0 Å². The van der Waals surface area contributed by atoms with E-state index in [2.05, 4.69) is 25.9 Å². The van der Waals surface area contributed by atoms with Gasteiger partial charge in [-0.05, 0) is 51.2 Å². The molecule has 0 bridgehead atoms. The molecule has 1 amide bonds. The zero-order chi connectivity index (χ0) is 16.4. The predicted octanol–water partition coefficient (Wildman–Crippen LogP) is 3.69. The number of hydrogen-bond acceptors (Lipinski definition) is 5. The second-order valence-electron chi connectivity index (χ2n) is 7.66. The molecule has 0 spiro atoms. The van der Waals surface area contributed by atoms with Crippen LogP contribution < -0.4 is 10.6 Å². The molecule has 1 aliphatic carbocycles. The van der Waals surface area contributed by atoms with Crippen LogP contribution in [0.3, 0.4) is 0 Å². The highest BCUT2D eigenvalue weighted by Crippen LogP contribution is 2.44. The predicted molar refractivity (Wildman–Crippen MR) is 112 cm³/mol. The Morgan fingerprint density at radius 2 is 2.08 bits per heavy atom. The van der Waals surface area contributed by atoms with Gasteiger partial charge in [-0.15, -0.1) is 36.2 Å². The molecule has 1 aromatic rings. The summed E-state index contributed by atoms with van der Waals surface area (Å²) in [6.07, 6.45) is 8.57. The van der Waals surface area contributed by atoms with Crippen LogP contribution in [-0.4, -0.2) is 42.0 Å². The standard InChI is InChI=1S/C18H28N4OS.2ClH/c23-16(18-7-3-2-6-14(18)10-19-13-18)21-17-20-15(12-24-17)11-22-8-4-1-5-9-22;;/h12,14,19H,1-11,13H2,(H,20,21,23);2*1H/t14-,18+;;/m0../s1. The van der Waals surface area contributed by atoms with Crippen LogP contribution in [0.2, 0.25) is 0 Å². The van der Waals surface area contributed by atoms with E-state index in [-0.39, 0.29) is 36.1 Å². The summed E-state index contributed by atoms with van der Waals surface area (Å²) in [6, 6.07) is 0. The minimum absolute atomic E-state index is 0. The van der Waals surface area contributed by atoms with Gasteiger partial charge in [0.2, 0.25) is 5.91 Å². The van der Waals surface area contributed by atoms with E-state index in [0.29, 0.717) is 5.92 Å². The molecule has 3 fully saturated rings. The SMILES string of the molecule is Cl.Cl.O=C(Nc1nc(CN2CCCCC2)cs1)[C@@]12CCCC[C@H]1CNC2. The molecule has 148 valence electrons. The molecule has 2 aliphatic heterocycles. The number of nitrogens with one attached hydrogen (secondary N) is 2. The number of aromatic nitrogens is 1. The first kappa shape index (κ1) is 21.9. The summed E-state index contributed by atoms with van der Waals surface area (Å²) in [4.78, 5) is 20.1. The monoisotopic (exact) mass is 420 g/mol. The average molecular weight is 421 g/mol. The van der Waals surface area contributed by atoms with Crippen LogP contribution >= 0.6 is 36.2 Å².